The van der Waals surface area contributed by atoms with E-state index in [2.05, 4.69) is 6.92 Å². The molecule has 6 heteroatoms. The lowest BCUT2D eigenvalue weighted by molar-refractivity contribution is -0.386. The molecule has 0 fully saturated rings. The largest absolute Gasteiger partial charge is 0.493 e. The fourth-order valence-corrected chi connectivity index (χ4v) is 1.98. The molecule has 0 heterocycles. The molecule has 1 aromatic carbocycles. The molecule has 1 rings (SSSR count). The minimum atomic E-state index is -0.809. The number of hydrogen-bond donors (Lipinski definition) is 1. The molecule has 1 N–H and O–H groups in total. The second kappa shape index (κ2) is 8.46. The summed E-state index contributed by atoms with van der Waals surface area (Å²) >= 11 is 0. The maximum Gasteiger partial charge on any atom is 0.315 e. The molecular weight excluding hydrogens is 274 g/mol. The van der Waals surface area contributed by atoms with Gasteiger partial charge in [0.1, 0.15) is 0 Å². The van der Waals surface area contributed by atoms with Crippen LogP contribution in [0.2, 0.25) is 0 Å². The summed E-state index contributed by atoms with van der Waals surface area (Å²) in [6, 6.07) is 2.90. The molecule has 1 aromatic rings. The monoisotopic (exact) mass is 297 g/mol. The van der Waals surface area contributed by atoms with Crippen LogP contribution in [0.25, 0.3) is 0 Å². The number of nitro groups is 1. The first-order valence-corrected chi connectivity index (χ1v) is 7.18. The Morgan fingerprint density at radius 1 is 1.33 bits per heavy atom. The molecule has 0 aliphatic carbocycles. The van der Waals surface area contributed by atoms with Crippen LogP contribution in [0.3, 0.4) is 0 Å². The lowest BCUT2D eigenvalue weighted by atomic mass is 10.1. The van der Waals surface area contributed by atoms with Gasteiger partial charge in [0.25, 0.3) is 0 Å². The van der Waals surface area contributed by atoms with Gasteiger partial charge in [-0.2, -0.15) is 0 Å². The Kier molecular flexibility index (Phi) is 6.94. The summed E-state index contributed by atoms with van der Waals surface area (Å²) in [6.45, 7) is 4.07. The highest BCUT2D eigenvalue weighted by Gasteiger charge is 2.23. The van der Waals surface area contributed by atoms with Gasteiger partial charge >= 0.3 is 5.69 Å². The number of nitro benzene ring substituents is 1. The van der Waals surface area contributed by atoms with Crippen LogP contribution < -0.4 is 9.47 Å². The second-order valence-electron chi connectivity index (χ2n) is 4.91. The molecule has 1 atom stereocenters. The van der Waals surface area contributed by atoms with Crippen molar-refractivity contribution in [2.24, 2.45) is 0 Å². The Morgan fingerprint density at radius 3 is 2.57 bits per heavy atom. The van der Waals surface area contributed by atoms with Crippen LogP contribution >= 0.6 is 0 Å². The Hall–Kier alpha value is -1.82. The summed E-state index contributed by atoms with van der Waals surface area (Å²) in [5.74, 6) is 0.402. The highest BCUT2D eigenvalue weighted by Crippen LogP contribution is 2.39. The van der Waals surface area contributed by atoms with E-state index in [0.29, 0.717) is 12.2 Å². The molecule has 6 nitrogen and oxygen atoms in total. The van der Waals surface area contributed by atoms with Crippen LogP contribution in [-0.4, -0.2) is 23.7 Å². The highest BCUT2D eigenvalue weighted by molar-refractivity contribution is 5.58. The molecule has 118 valence electrons. The SMILES string of the molecule is CCCCCCOc1c(OC)cc(C(C)O)cc1[N+](=O)[O-]. The quantitative estimate of drug-likeness (QED) is 0.427. The number of methoxy groups -OCH3 is 1. The number of aliphatic hydroxyl groups is 1. The molecule has 0 amide bonds. The van der Waals surface area contributed by atoms with Gasteiger partial charge in [0, 0.05) is 6.07 Å². The number of unbranched alkanes of at least 4 members (excludes halogenated alkanes) is 3. The lowest BCUT2D eigenvalue weighted by Crippen LogP contribution is -2.04. The van der Waals surface area contributed by atoms with Crippen LogP contribution in [-0.2, 0) is 0 Å². The van der Waals surface area contributed by atoms with Gasteiger partial charge in [-0.05, 0) is 25.0 Å². The zero-order valence-corrected chi connectivity index (χ0v) is 12.8. The fourth-order valence-electron chi connectivity index (χ4n) is 1.98. The highest BCUT2D eigenvalue weighted by atomic mass is 16.6. The van der Waals surface area contributed by atoms with E-state index < -0.39 is 11.0 Å². The van der Waals surface area contributed by atoms with E-state index in [1.54, 1.807) is 13.0 Å². The van der Waals surface area contributed by atoms with Crippen molar-refractivity contribution >= 4 is 5.69 Å². The van der Waals surface area contributed by atoms with Crippen molar-refractivity contribution in [3.05, 3.63) is 27.8 Å². The number of benzene rings is 1. The normalized spacial score (nSPS) is 12.0. The van der Waals surface area contributed by atoms with Crippen LogP contribution in [0.1, 0.15) is 51.2 Å². The minimum absolute atomic E-state index is 0.128. The second-order valence-corrected chi connectivity index (χ2v) is 4.91. The Balaban J connectivity index is 2.96. The third-order valence-electron chi connectivity index (χ3n) is 3.20. The third kappa shape index (κ3) is 4.90. The van der Waals surface area contributed by atoms with Crippen LogP contribution in [0.4, 0.5) is 5.69 Å². The molecule has 0 aliphatic heterocycles. The smallest absolute Gasteiger partial charge is 0.315 e. The first-order valence-electron chi connectivity index (χ1n) is 7.18. The molecule has 0 bridgehead atoms. The molecule has 0 saturated heterocycles. The van der Waals surface area contributed by atoms with E-state index in [-0.39, 0.29) is 17.2 Å². The van der Waals surface area contributed by atoms with E-state index in [0.717, 1.165) is 25.7 Å². The van der Waals surface area contributed by atoms with Crippen LogP contribution in [0.5, 0.6) is 11.5 Å². The summed E-state index contributed by atoms with van der Waals surface area (Å²) < 4.78 is 10.7. The predicted molar refractivity (Wildman–Crippen MR) is 79.9 cm³/mol. The number of nitrogens with zero attached hydrogens (tertiary/aromatic N) is 1. The van der Waals surface area contributed by atoms with Crippen molar-refractivity contribution in [3.8, 4) is 11.5 Å². The number of aliphatic hydroxyl groups excluding tert-OH is 1. The Labute approximate surface area is 124 Å². The molecule has 0 aliphatic rings. The summed E-state index contributed by atoms with van der Waals surface area (Å²) in [5, 5.41) is 20.8. The van der Waals surface area contributed by atoms with Crippen molar-refractivity contribution in [1.29, 1.82) is 0 Å². The minimum Gasteiger partial charge on any atom is -0.493 e. The predicted octanol–water partition coefficient (Wildman–Crippen LogP) is 3.62. The van der Waals surface area contributed by atoms with Crippen LogP contribution in [0, 0.1) is 10.1 Å². The van der Waals surface area contributed by atoms with Crippen LogP contribution in [0.15, 0.2) is 12.1 Å². The maximum atomic E-state index is 11.2. The molecule has 1 unspecified atom stereocenters. The van der Waals surface area contributed by atoms with Gasteiger partial charge in [0.05, 0.1) is 24.7 Å². The number of rotatable bonds is 9. The zero-order valence-electron chi connectivity index (χ0n) is 12.8. The first-order chi connectivity index (χ1) is 10.0. The third-order valence-corrected chi connectivity index (χ3v) is 3.20. The van der Waals surface area contributed by atoms with Crippen molar-refractivity contribution in [2.75, 3.05) is 13.7 Å². The lowest BCUT2D eigenvalue weighted by Gasteiger charge is -2.13. The summed E-state index contributed by atoms with van der Waals surface area (Å²) in [6.07, 6.45) is 3.29. The van der Waals surface area contributed by atoms with Gasteiger partial charge in [-0.3, -0.25) is 10.1 Å². The standard InChI is InChI=1S/C15H23NO5/c1-4-5-6-7-8-21-15-13(16(18)19)9-12(11(2)17)10-14(15)20-3/h9-11,17H,4-8H2,1-3H3. The molecule has 0 radical (unpaired) electrons. The van der Waals surface area contributed by atoms with Crippen molar-refractivity contribution in [3.63, 3.8) is 0 Å². The van der Waals surface area contributed by atoms with Gasteiger partial charge in [0.2, 0.25) is 5.75 Å². The summed E-state index contributed by atoms with van der Waals surface area (Å²) in [7, 11) is 1.43. The average Bonchev–Trinajstić information content (AvgIpc) is 2.46. The maximum absolute atomic E-state index is 11.2. The number of ether oxygens (including phenoxy) is 2. The van der Waals surface area contributed by atoms with Gasteiger partial charge in [-0.25, -0.2) is 0 Å². The molecule has 0 aromatic heterocycles. The van der Waals surface area contributed by atoms with Crippen molar-refractivity contribution in [1.82, 2.24) is 0 Å². The number of hydrogen-bond acceptors (Lipinski definition) is 5. The van der Waals surface area contributed by atoms with E-state index in [4.69, 9.17) is 9.47 Å². The van der Waals surface area contributed by atoms with Crippen molar-refractivity contribution < 1.29 is 19.5 Å². The van der Waals surface area contributed by atoms with Gasteiger partial charge in [-0.1, -0.05) is 26.2 Å². The van der Waals surface area contributed by atoms with E-state index in [9.17, 15) is 15.2 Å². The Bertz CT molecular complexity index is 473. The Morgan fingerprint density at radius 2 is 2.05 bits per heavy atom. The summed E-state index contributed by atoms with van der Waals surface area (Å²) in [4.78, 5) is 10.7. The zero-order chi connectivity index (χ0) is 15.8. The van der Waals surface area contributed by atoms with E-state index in [1.807, 2.05) is 0 Å². The van der Waals surface area contributed by atoms with Crippen molar-refractivity contribution in [2.45, 2.75) is 45.6 Å². The van der Waals surface area contributed by atoms with Gasteiger partial charge in [0.15, 0.2) is 5.75 Å². The average molecular weight is 297 g/mol. The molecule has 0 spiro atoms. The van der Waals surface area contributed by atoms with Gasteiger partial charge < -0.3 is 14.6 Å². The fraction of sp³-hybridized carbons (Fsp3) is 0.600. The molecule has 21 heavy (non-hydrogen) atoms. The summed E-state index contributed by atoms with van der Waals surface area (Å²) in [5.41, 5.74) is 0.248. The first kappa shape index (κ1) is 17.2. The van der Waals surface area contributed by atoms with E-state index in [1.165, 1.54) is 13.2 Å². The molecular formula is C15H23NO5. The topological polar surface area (TPSA) is 81.8 Å². The van der Waals surface area contributed by atoms with E-state index >= 15 is 0 Å². The van der Waals surface area contributed by atoms with Gasteiger partial charge in [-0.15, -0.1) is 0 Å². The molecule has 0 saturated carbocycles.